The van der Waals surface area contributed by atoms with Crippen LogP contribution in [0.5, 0.6) is 11.5 Å². The zero-order valence-electron chi connectivity index (χ0n) is 17.8. The number of nitrogens with one attached hydrogen (secondary N) is 1. The van der Waals surface area contributed by atoms with Gasteiger partial charge < -0.3 is 29.5 Å². The number of aliphatic carboxylic acids is 1. The van der Waals surface area contributed by atoms with Gasteiger partial charge in [-0.2, -0.15) is 13.2 Å². The highest BCUT2D eigenvalue weighted by atomic mass is 19.4. The van der Waals surface area contributed by atoms with Crippen molar-refractivity contribution in [3.8, 4) is 11.5 Å². The predicted molar refractivity (Wildman–Crippen MR) is 112 cm³/mol. The van der Waals surface area contributed by atoms with E-state index in [-0.39, 0.29) is 18.8 Å². The summed E-state index contributed by atoms with van der Waals surface area (Å²) >= 11 is 0. The van der Waals surface area contributed by atoms with E-state index in [4.69, 9.17) is 24.1 Å². The zero-order chi connectivity index (χ0) is 24.3. The van der Waals surface area contributed by atoms with E-state index in [1.165, 1.54) is 0 Å². The van der Waals surface area contributed by atoms with Crippen LogP contribution in [0.4, 0.5) is 19.0 Å². The average molecular weight is 481 g/mol. The summed E-state index contributed by atoms with van der Waals surface area (Å²) in [6.07, 6.45) is -3.20. The molecule has 12 heteroatoms. The lowest BCUT2D eigenvalue weighted by atomic mass is 9.93. The number of carbonyl (C=O) groups is 2. The van der Waals surface area contributed by atoms with Crippen molar-refractivity contribution in [2.75, 3.05) is 38.4 Å². The van der Waals surface area contributed by atoms with Crippen LogP contribution in [0, 0.1) is 11.8 Å². The van der Waals surface area contributed by atoms with Crippen molar-refractivity contribution in [3.05, 3.63) is 48.2 Å². The third kappa shape index (κ3) is 5.33. The van der Waals surface area contributed by atoms with E-state index >= 15 is 0 Å². The molecule has 0 saturated carbocycles. The van der Waals surface area contributed by atoms with Gasteiger partial charge in [-0.15, -0.1) is 0 Å². The number of carboxylic acids is 1. The van der Waals surface area contributed by atoms with Crippen LogP contribution in [0.3, 0.4) is 0 Å². The molecule has 34 heavy (non-hydrogen) atoms. The first-order valence-electron chi connectivity index (χ1n) is 10.5. The highest BCUT2D eigenvalue weighted by molar-refractivity contribution is 5.95. The highest BCUT2D eigenvalue weighted by Gasteiger charge is 2.45. The van der Waals surface area contributed by atoms with Gasteiger partial charge >= 0.3 is 12.1 Å². The number of rotatable bonds is 4. The molecule has 3 aliphatic rings. The second-order valence-corrected chi connectivity index (χ2v) is 7.97. The molecule has 1 aromatic heterocycles. The summed E-state index contributed by atoms with van der Waals surface area (Å²) in [4.78, 5) is 28.0. The van der Waals surface area contributed by atoms with Gasteiger partial charge in [-0.3, -0.25) is 4.79 Å². The Morgan fingerprint density at radius 2 is 1.91 bits per heavy atom. The Kier molecular flexibility index (Phi) is 6.77. The van der Waals surface area contributed by atoms with Crippen molar-refractivity contribution < 1.29 is 42.1 Å². The molecule has 2 N–H and O–H groups in total. The number of likely N-dealkylation sites (tertiary alicyclic amines) is 1. The number of carbonyl (C=O) groups excluding carboxylic acids is 1. The van der Waals surface area contributed by atoms with Gasteiger partial charge in [0.25, 0.3) is 5.91 Å². The summed E-state index contributed by atoms with van der Waals surface area (Å²) in [6.45, 7) is 3.08. The predicted octanol–water partition coefficient (Wildman–Crippen LogP) is 2.64. The lowest BCUT2D eigenvalue weighted by Gasteiger charge is -2.20. The molecule has 182 valence electrons. The van der Waals surface area contributed by atoms with Gasteiger partial charge in [0.05, 0.1) is 12.7 Å². The number of hydrogen-bond acceptors (Lipinski definition) is 7. The Bertz CT molecular complexity index is 1040. The fourth-order valence-electron chi connectivity index (χ4n) is 4.09. The van der Waals surface area contributed by atoms with Crippen LogP contribution in [0.25, 0.3) is 0 Å². The summed E-state index contributed by atoms with van der Waals surface area (Å²) in [5.74, 6) is 0.163. The van der Waals surface area contributed by atoms with Crippen LogP contribution in [0.1, 0.15) is 10.4 Å². The molecule has 2 fully saturated rings. The monoisotopic (exact) mass is 481 g/mol. The van der Waals surface area contributed by atoms with E-state index in [9.17, 15) is 18.0 Å². The number of amides is 1. The molecule has 1 aromatic carbocycles. The van der Waals surface area contributed by atoms with Gasteiger partial charge in [0.1, 0.15) is 5.82 Å². The van der Waals surface area contributed by atoms with Crippen LogP contribution in [-0.4, -0.2) is 72.2 Å². The van der Waals surface area contributed by atoms with Gasteiger partial charge in [0, 0.05) is 43.2 Å². The molecule has 3 atom stereocenters. The fraction of sp³-hybridized carbons (Fsp3) is 0.409. The molecule has 9 nitrogen and oxygen atoms in total. The molecule has 4 heterocycles. The van der Waals surface area contributed by atoms with E-state index in [1.807, 2.05) is 23.1 Å². The minimum Gasteiger partial charge on any atom is -0.475 e. The van der Waals surface area contributed by atoms with Crippen LogP contribution < -0.4 is 14.8 Å². The maximum absolute atomic E-state index is 12.9. The van der Waals surface area contributed by atoms with Gasteiger partial charge in [0.2, 0.25) is 6.79 Å². The number of pyridine rings is 1. The van der Waals surface area contributed by atoms with Crippen molar-refractivity contribution in [3.63, 3.8) is 0 Å². The number of benzene rings is 1. The maximum Gasteiger partial charge on any atom is 0.490 e. The van der Waals surface area contributed by atoms with Crippen molar-refractivity contribution in [1.29, 1.82) is 0 Å². The number of carboxylic acid groups (broad SMARTS) is 1. The average Bonchev–Trinajstić information content (AvgIpc) is 3.53. The second kappa shape index (κ2) is 9.75. The Morgan fingerprint density at radius 3 is 2.62 bits per heavy atom. The first-order valence-corrected chi connectivity index (χ1v) is 10.5. The van der Waals surface area contributed by atoms with Crippen molar-refractivity contribution in [2.45, 2.75) is 12.3 Å². The minimum absolute atomic E-state index is 0.0164. The summed E-state index contributed by atoms with van der Waals surface area (Å²) in [5, 5.41) is 10.5. The van der Waals surface area contributed by atoms with Crippen LogP contribution in [0.2, 0.25) is 0 Å². The quantitative estimate of drug-likeness (QED) is 0.686. The minimum atomic E-state index is -5.08. The number of alkyl halides is 3. The van der Waals surface area contributed by atoms with E-state index in [0.717, 1.165) is 19.0 Å². The Morgan fingerprint density at radius 1 is 1.15 bits per heavy atom. The van der Waals surface area contributed by atoms with Gasteiger partial charge in [0.15, 0.2) is 11.5 Å². The number of fused-ring (bicyclic) bond motifs is 2. The number of hydrogen-bond donors (Lipinski definition) is 2. The van der Waals surface area contributed by atoms with Crippen LogP contribution in [-0.2, 0) is 9.53 Å². The molecule has 2 saturated heterocycles. The normalized spacial score (nSPS) is 22.6. The Labute approximate surface area is 192 Å². The molecule has 0 unspecified atom stereocenters. The van der Waals surface area contributed by atoms with Gasteiger partial charge in [-0.05, 0) is 30.3 Å². The number of anilines is 1. The molecule has 0 bridgehead atoms. The van der Waals surface area contributed by atoms with Crippen molar-refractivity contribution in [2.24, 2.45) is 11.8 Å². The molecular weight excluding hydrogens is 459 g/mol. The molecule has 5 rings (SSSR count). The van der Waals surface area contributed by atoms with E-state index in [1.54, 1.807) is 24.4 Å². The summed E-state index contributed by atoms with van der Waals surface area (Å²) in [7, 11) is 0. The molecule has 3 aliphatic heterocycles. The number of aromatic nitrogens is 1. The number of nitrogens with zero attached hydrogens (tertiary/aromatic N) is 2. The Hall–Kier alpha value is -3.54. The Balaban J connectivity index is 0.000000344. The zero-order valence-corrected chi connectivity index (χ0v) is 17.8. The number of halogens is 3. The standard InChI is InChI=1S/C20H21N3O4.C2HF3O2/c24-20(13-4-5-16-17(7-13)27-12-26-16)23-9-15-14(11-25-18(15)10-23)8-22-19-3-1-2-6-21-19;3-2(4,5)1(6)7/h1-7,14-15,18H,8-12H2,(H,21,22);(H,6,7)/t14-,15+,18+;/m0./s1. The van der Waals surface area contributed by atoms with Gasteiger partial charge in [-0.1, -0.05) is 6.07 Å². The maximum atomic E-state index is 12.9. The van der Waals surface area contributed by atoms with Crippen molar-refractivity contribution in [1.82, 2.24) is 9.88 Å². The topological polar surface area (TPSA) is 110 Å². The smallest absolute Gasteiger partial charge is 0.475 e. The fourth-order valence-corrected chi connectivity index (χ4v) is 4.09. The first kappa shape index (κ1) is 23.6. The third-order valence-electron chi connectivity index (χ3n) is 5.80. The summed E-state index contributed by atoms with van der Waals surface area (Å²) < 4.78 is 48.4. The molecule has 0 radical (unpaired) electrons. The molecule has 1 amide bonds. The van der Waals surface area contributed by atoms with Crippen LogP contribution in [0.15, 0.2) is 42.6 Å². The molecule has 0 aliphatic carbocycles. The lowest BCUT2D eigenvalue weighted by molar-refractivity contribution is -0.192. The molecule has 0 spiro atoms. The largest absolute Gasteiger partial charge is 0.490 e. The SMILES string of the molecule is O=C(O)C(F)(F)F.O=C(c1ccc2c(c1)OCO2)N1C[C@@H]2[C@@H](CNc3ccccn3)CO[C@@H]2C1. The van der Waals surface area contributed by atoms with E-state index in [2.05, 4.69) is 10.3 Å². The van der Waals surface area contributed by atoms with Crippen LogP contribution >= 0.6 is 0 Å². The summed E-state index contributed by atoms with van der Waals surface area (Å²) in [6, 6.07) is 11.2. The van der Waals surface area contributed by atoms with Gasteiger partial charge in [-0.25, -0.2) is 9.78 Å². The summed E-state index contributed by atoms with van der Waals surface area (Å²) in [5.41, 5.74) is 0.627. The first-order chi connectivity index (χ1) is 16.2. The highest BCUT2D eigenvalue weighted by Crippen LogP contribution is 2.36. The van der Waals surface area contributed by atoms with E-state index < -0.39 is 12.1 Å². The third-order valence-corrected chi connectivity index (χ3v) is 5.80. The lowest BCUT2D eigenvalue weighted by Crippen LogP contribution is -2.32. The number of ether oxygens (including phenoxy) is 3. The molecular formula is C22H22F3N3O6. The van der Waals surface area contributed by atoms with Crippen molar-refractivity contribution >= 4 is 17.7 Å². The van der Waals surface area contributed by atoms with E-state index in [0.29, 0.717) is 42.0 Å². The molecule has 2 aromatic rings. The second-order valence-electron chi connectivity index (χ2n) is 7.97.